The molecule has 0 N–H and O–H groups in total. The van der Waals surface area contributed by atoms with Crippen LogP contribution in [0.15, 0.2) is 23.2 Å². The highest BCUT2D eigenvalue weighted by Crippen LogP contribution is 2.09. The van der Waals surface area contributed by atoms with E-state index in [0.29, 0.717) is 0 Å². The highest BCUT2D eigenvalue weighted by atomic mass is 32.1. The van der Waals surface area contributed by atoms with Crippen LogP contribution >= 0.6 is 12.6 Å². The van der Waals surface area contributed by atoms with Crippen LogP contribution in [0, 0.1) is 6.92 Å². The highest BCUT2D eigenvalue weighted by molar-refractivity contribution is 7.80. The molecule has 2 rings (SSSR count). The summed E-state index contributed by atoms with van der Waals surface area (Å²) >= 11 is 4.19. The molecule has 0 saturated carbocycles. The van der Waals surface area contributed by atoms with Crippen molar-refractivity contribution in [3.63, 3.8) is 0 Å². The topological polar surface area (TPSA) is 30.2 Å². The molecule has 0 spiro atoms. The molecule has 3 nitrogen and oxygen atoms in total. The monoisotopic (exact) mass is 165 g/mol. The van der Waals surface area contributed by atoms with Crippen molar-refractivity contribution in [3.8, 4) is 0 Å². The average molecular weight is 165 g/mol. The van der Waals surface area contributed by atoms with Crippen molar-refractivity contribution in [3.05, 3.63) is 24.2 Å². The van der Waals surface area contributed by atoms with Gasteiger partial charge in [-0.15, -0.1) is 22.8 Å². The van der Waals surface area contributed by atoms with E-state index in [1.54, 1.807) is 0 Å². The lowest BCUT2D eigenvalue weighted by Crippen LogP contribution is -1.85. The van der Waals surface area contributed by atoms with E-state index in [-0.39, 0.29) is 0 Å². The van der Waals surface area contributed by atoms with Crippen molar-refractivity contribution in [1.29, 1.82) is 0 Å². The Morgan fingerprint density at radius 1 is 1.45 bits per heavy atom. The second-order valence-electron chi connectivity index (χ2n) is 2.36. The van der Waals surface area contributed by atoms with Crippen LogP contribution in [0.3, 0.4) is 0 Å². The third-order valence-electron chi connectivity index (χ3n) is 1.56. The van der Waals surface area contributed by atoms with Crippen molar-refractivity contribution in [2.75, 3.05) is 0 Å². The number of nitrogens with zero attached hydrogens (tertiary/aromatic N) is 3. The lowest BCUT2D eigenvalue weighted by Gasteiger charge is -1.93. The molecule has 56 valence electrons. The van der Waals surface area contributed by atoms with Crippen LogP contribution in [-0.2, 0) is 0 Å². The van der Waals surface area contributed by atoms with Crippen LogP contribution < -0.4 is 0 Å². The molecular formula is C7H7N3S. The summed E-state index contributed by atoms with van der Waals surface area (Å²) in [7, 11) is 0. The zero-order chi connectivity index (χ0) is 7.84. The van der Waals surface area contributed by atoms with Gasteiger partial charge in [-0.05, 0) is 19.1 Å². The number of hydrogen-bond acceptors (Lipinski definition) is 3. The molecule has 11 heavy (non-hydrogen) atoms. The Morgan fingerprint density at radius 3 is 3.09 bits per heavy atom. The minimum atomic E-state index is 0.843. The Bertz CT molecular complexity index is 393. The molecule has 0 unspecified atom stereocenters. The molecule has 2 aromatic heterocycles. The van der Waals surface area contributed by atoms with E-state index < -0.39 is 0 Å². The first-order valence-corrected chi connectivity index (χ1v) is 3.72. The van der Waals surface area contributed by atoms with Crippen LogP contribution in [0.25, 0.3) is 5.65 Å². The van der Waals surface area contributed by atoms with Gasteiger partial charge in [-0.25, -0.2) is 0 Å². The Labute approximate surface area is 69.5 Å². The molecule has 0 bridgehead atoms. The number of aryl methyl sites for hydroxylation is 1. The van der Waals surface area contributed by atoms with Gasteiger partial charge in [0.15, 0.2) is 5.65 Å². The number of rotatable bonds is 0. The first kappa shape index (κ1) is 6.67. The third kappa shape index (κ3) is 0.991. The van der Waals surface area contributed by atoms with Crippen LogP contribution in [-0.4, -0.2) is 14.6 Å². The Hall–Kier alpha value is -1.03. The molecular weight excluding hydrogens is 158 g/mol. The second kappa shape index (κ2) is 2.23. The Balaban J connectivity index is 2.86. The molecule has 4 heteroatoms. The van der Waals surface area contributed by atoms with Gasteiger partial charge in [0, 0.05) is 11.1 Å². The highest BCUT2D eigenvalue weighted by Gasteiger charge is 1.98. The summed E-state index contributed by atoms with van der Waals surface area (Å²) in [6, 6.07) is 3.79. The fourth-order valence-electron chi connectivity index (χ4n) is 1.000. The van der Waals surface area contributed by atoms with Gasteiger partial charge >= 0.3 is 0 Å². The van der Waals surface area contributed by atoms with Gasteiger partial charge in [-0.3, -0.25) is 4.40 Å². The van der Waals surface area contributed by atoms with E-state index in [0.717, 1.165) is 16.4 Å². The standard InChI is InChI=1S/C7H7N3S/c1-5-8-9-7-4-6(11)2-3-10(5)7/h2-4,11H,1H3. The summed E-state index contributed by atoms with van der Waals surface area (Å²) < 4.78 is 1.92. The van der Waals surface area contributed by atoms with Gasteiger partial charge in [0.05, 0.1) is 0 Å². The molecule has 0 aromatic carbocycles. The number of aromatic nitrogens is 3. The summed E-state index contributed by atoms with van der Waals surface area (Å²) in [4.78, 5) is 0.907. The maximum Gasteiger partial charge on any atom is 0.161 e. The second-order valence-corrected chi connectivity index (χ2v) is 2.88. The van der Waals surface area contributed by atoms with Crippen LogP contribution in [0.5, 0.6) is 0 Å². The SMILES string of the molecule is Cc1nnc2cc(S)ccn12. The van der Waals surface area contributed by atoms with E-state index in [4.69, 9.17) is 0 Å². The van der Waals surface area contributed by atoms with Gasteiger partial charge in [-0.2, -0.15) is 0 Å². The zero-order valence-electron chi connectivity index (χ0n) is 6.02. The van der Waals surface area contributed by atoms with Gasteiger partial charge in [0.1, 0.15) is 5.82 Å². The van der Waals surface area contributed by atoms with E-state index in [1.807, 2.05) is 29.7 Å². The van der Waals surface area contributed by atoms with Gasteiger partial charge in [-0.1, -0.05) is 0 Å². The molecule has 0 aliphatic heterocycles. The zero-order valence-corrected chi connectivity index (χ0v) is 6.92. The van der Waals surface area contributed by atoms with E-state index in [9.17, 15) is 0 Å². The summed E-state index contributed by atoms with van der Waals surface area (Å²) in [6.07, 6.45) is 1.91. The molecule has 0 radical (unpaired) electrons. The molecule has 0 atom stereocenters. The molecule has 2 aromatic rings. The Morgan fingerprint density at radius 2 is 2.27 bits per heavy atom. The van der Waals surface area contributed by atoms with E-state index in [2.05, 4.69) is 22.8 Å². The molecule has 0 amide bonds. The van der Waals surface area contributed by atoms with Crippen LogP contribution in [0.4, 0.5) is 0 Å². The smallest absolute Gasteiger partial charge is 0.161 e. The maximum absolute atomic E-state index is 4.19. The Kier molecular flexibility index (Phi) is 1.35. The predicted octanol–water partition coefficient (Wildman–Crippen LogP) is 1.33. The quantitative estimate of drug-likeness (QED) is 0.597. The molecule has 0 saturated heterocycles. The fraction of sp³-hybridized carbons (Fsp3) is 0.143. The van der Waals surface area contributed by atoms with E-state index >= 15 is 0 Å². The molecule has 0 aliphatic rings. The molecule has 2 heterocycles. The third-order valence-corrected chi connectivity index (χ3v) is 1.84. The average Bonchev–Trinajstić information content (AvgIpc) is 2.32. The van der Waals surface area contributed by atoms with Gasteiger partial charge in [0.25, 0.3) is 0 Å². The minimum Gasteiger partial charge on any atom is -0.287 e. The van der Waals surface area contributed by atoms with Crippen molar-refractivity contribution >= 4 is 18.3 Å². The predicted molar refractivity (Wildman–Crippen MR) is 45.0 cm³/mol. The summed E-state index contributed by atoms with van der Waals surface area (Å²) in [5.41, 5.74) is 0.843. The van der Waals surface area contributed by atoms with Gasteiger partial charge < -0.3 is 0 Å². The van der Waals surface area contributed by atoms with Crippen molar-refractivity contribution in [2.45, 2.75) is 11.8 Å². The summed E-state index contributed by atoms with van der Waals surface area (Å²) in [5, 5.41) is 7.86. The summed E-state index contributed by atoms with van der Waals surface area (Å²) in [6.45, 7) is 1.91. The van der Waals surface area contributed by atoms with E-state index in [1.165, 1.54) is 0 Å². The fourth-order valence-corrected chi connectivity index (χ4v) is 1.18. The lowest BCUT2D eigenvalue weighted by atomic mass is 10.5. The normalized spacial score (nSPS) is 10.7. The number of hydrogen-bond donors (Lipinski definition) is 1. The first-order valence-electron chi connectivity index (χ1n) is 3.28. The van der Waals surface area contributed by atoms with Crippen LogP contribution in [0.2, 0.25) is 0 Å². The number of thiol groups is 1. The van der Waals surface area contributed by atoms with Crippen molar-refractivity contribution in [2.24, 2.45) is 0 Å². The first-order chi connectivity index (χ1) is 5.27. The molecule has 0 fully saturated rings. The summed E-state index contributed by atoms with van der Waals surface area (Å²) in [5.74, 6) is 0.897. The van der Waals surface area contributed by atoms with Crippen molar-refractivity contribution < 1.29 is 0 Å². The number of fused-ring (bicyclic) bond motifs is 1. The number of pyridine rings is 1. The maximum atomic E-state index is 4.19. The van der Waals surface area contributed by atoms with Crippen molar-refractivity contribution in [1.82, 2.24) is 14.6 Å². The lowest BCUT2D eigenvalue weighted by molar-refractivity contribution is 1.00. The largest absolute Gasteiger partial charge is 0.287 e. The molecule has 0 aliphatic carbocycles. The van der Waals surface area contributed by atoms with Gasteiger partial charge in [0.2, 0.25) is 0 Å². The van der Waals surface area contributed by atoms with Crippen LogP contribution in [0.1, 0.15) is 5.82 Å². The minimum absolute atomic E-state index is 0.843.